The Hall–Kier alpha value is -2.07. The second-order valence-electron chi connectivity index (χ2n) is 3.81. The maximum absolute atomic E-state index is 12.9. The Labute approximate surface area is 114 Å². The lowest BCUT2D eigenvalue weighted by atomic mass is 10.2. The SMILES string of the molecule is O/N=C/c1ccccc1OCc1ccc(F)cc1Cl. The Morgan fingerprint density at radius 2 is 2.05 bits per heavy atom. The van der Waals surface area contributed by atoms with Crippen molar-refractivity contribution in [3.05, 3.63) is 64.4 Å². The molecule has 2 aromatic carbocycles. The molecule has 0 bridgehead atoms. The monoisotopic (exact) mass is 279 g/mol. The summed E-state index contributed by atoms with van der Waals surface area (Å²) in [5.74, 6) is 0.169. The van der Waals surface area contributed by atoms with Gasteiger partial charge in [-0.25, -0.2) is 4.39 Å². The molecule has 0 amide bonds. The largest absolute Gasteiger partial charge is 0.488 e. The van der Waals surface area contributed by atoms with E-state index in [1.165, 1.54) is 18.3 Å². The van der Waals surface area contributed by atoms with Crippen LogP contribution in [0.2, 0.25) is 5.02 Å². The Morgan fingerprint density at radius 1 is 1.26 bits per heavy atom. The van der Waals surface area contributed by atoms with Crippen LogP contribution in [0, 0.1) is 5.82 Å². The van der Waals surface area contributed by atoms with Crippen molar-refractivity contribution in [2.75, 3.05) is 0 Å². The summed E-state index contributed by atoms with van der Waals surface area (Å²) >= 11 is 5.91. The molecule has 0 aromatic heterocycles. The molecule has 0 atom stereocenters. The second kappa shape index (κ2) is 6.20. The van der Waals surface area contributed by atoms with Gasteiger partial charge in [0.2, 0.25) is 0 Å². The van der Waals surface area contributed by atoms with Crippen LogP contribution < -0.4 is 4.74 Å². The lowest BCUT2D eigenvalue weighted by Gasteiger charge is -2.09. The van der Waals surface area contributed by atoms with Crippen LogP contribution in [0.5, 0.6) is 5.75 Å². The highest BCUT2D eigenvalue weighted by molar-refractivity contribution is 6.31. The van der Waals surface area contributed by atoms with Crippen LogP contribution in [0.15, 0.2) is 47.6 Å². The molecule has 5 heteroatoms. The van der Waals surface area contributed by atoms with E-state index in [-0.39, 0.29) is 12.4 Å². The zero-order valence-corrected chi connectivity index (χ0v) is 10.6. The van der Waals surface area contributed by atoms with E-state index in [1.54, 1.807) is 30.3 Å². The van der Waals surface area contributed by atoms with E-state index in [2.05, 4.69) is 5.16 Å². The summed E-state index contributed by atoms with van der Waals surface area (Å²) in [4.78, 5) is 0. The molecule has 2 aromatic rings. The van der Waals surface area contributed by atoms with Crippen LogP contribution in [0.1, 0.15) is 11.1 Å². The lowest BCUT2D eigenvalue weighted by Crippen LogP contribution is -1.99. The smallest absolute Gasteiger partial charge is 0.128 e. The molecular weight excluding hydrogens is 269 g/mol. The van der Waals surface area contributed by atoms with E-state index >= 15 is 0 Å². The van der Waals surface area contributed by atoms with Gasteiger partial charge in [0.15, 0.2) is 0 Å². The average molecular weight is 280 g/mol. The minimum atomic E-state index is -0.387. The highest BCUT2D eigenvalue weighted by Crippen LogP contribution is 2.21. The zero-order valence-electron chi connectivity index (χ0n) is 9.88. The predicted octanol–water partition coefficient (Wildman–Crippen LogP) is 3.87. The van der Waals surface area contributed by atoms with Gasteiger partial charge >= 0.3 is 0 Å². The molecule has 19 heavy (non-hydrogen) atoms. The van der Waals surface area contributed by atoms with Gasteiger partial charge in [-0.1, -0.05) is 35.0 Å². The van der Waals surface area contributed by atoms with Gasteiger partial charge in [0.25, 0.3) is 0 Å². The Bertz CT molecular complexity index is 602. The third-order valence-corrected chi connectivity index (χ3v) is 2.87. The van der Waals surface area contributed by atoms with Gasteiger partial charge in [-0.3, -0.25) is 0 Å². The maximum atomic E-state index is 12.9. The third kappa shape index (κ3) is 3.45. The molecule has 0 aliphatic carbocycles. The summed E-state index contributed by atoms with van der Waals surface area (Å²) in [6.07, 6.45) is 1.28. The fourth-order valence-electron chi connectivity index (χ4n) is 1.58. The van der Waals surface area contributed by atoms with Crippen molar-refractivity contribution in [2.24, 2.45) is 5.16 Å². The second-order valence-corrected chi connectivity index (χ2v) is 4.21. The van der Waals surface area contributed by atoms with Crippen molar-refractivity contribution in [2.45, 2.75) is 6.61 Å². The van der Waals surface area contributed by atoms with Crippen LogP contribution in [-0.4, -0.2) is 11.4 Å². The lowest BCUT2D eigenvalue weighted by molar-refractivity contribution is 0.304. The molecule has 0 radical (unpaired) electrons. The van der Waals surface area contributed by atoms with Gasteiger partial charge in [0, 0.05) is 11.1 Å². The fourth-order valence-corrected chi connectivity index (χ4v) is 1.80. The minimum Gasteiger partial charge on any atom is -0.488 e. The highest BCUT2D eigenvalue weighted by Gasteiger charge is 2.05. The van der Waals surface area contributed by atoms with E-state index in [1.807, 2.05) is 0 Å². The normalized spacial score (nSPS) is 10.8. The first kappa shape index (κ1) is 13.4. The summed E-state index contributed by atoms with van der Waals surface area (Å²) in [6, 6.07) is 11.2. The van der Waals surface area contributed by atoms with E-state index in [4.69, 9.17) is 21.5 Å². The Balaban J connectivity index is 2.14. The number of hydrogen-bond acceptors (Lipinski definition) is 3. The first-order chi connectivity index (χ1) is 9.20. The molecule has 0 heterocycles. The van der Waals surface area contributed by atoms with Gasteiger partial charge in [-0.05, 0) is 24.3 Å². The number of rotatable bonds is 4. The topological polar surface area (TPSA) is 41.8 Å². The first-order valence-corrected chi connectivity index (χ1v) is 5.91. The molecule has 0 saturated carbocycles. The Morgan fingerprint density at radius 3 is 2.79 bits per heavy atom. The standard InChI is InChI=1S/C14H11ClFNO2/c15-13-7-12(16)6-5-11(13)9-19-14-4-2-1-3-10(14)8-17-18/h1-8,18H,9H2/b17-8+. The number of hydrogen-bond donors (Lipinski definition) is 1. The third-order valence-electron chi connectivity index (χ3n) is 2.51. The molecule has 1 N–H and O–H groups in total. The molecular formula is C14H11ClFNO2. The number of halogens is 2. The van der Waals surface area contributed by atoms with Crippen LogP contribution >= 0.6 is 11.6 Å². The molecule has 0 spiro atoms. The molecule has 0 saturated heterocycles. The van der Waals surface area contributed by atoms with Crippen molar-refractivity contribution < 1.29 is 14.3 Å². The van der Waals surface area contributed by atoms with E-state index in [0.29, 0.717) is 21.9 Å². The van der Waals surface area contributed by atoms with Gasteiger partial charge in [0.05, 0.1) is 11.2 Å². The number of nitrogens with zero attached hydrogens (tertiary/aromatic N) is 1. The molecule has 3 nitrogen and oxygen atoms in total. The molecule has 98 valence electrons. The zero-order chi connectivity index (χ0) is 13.7. The van der Waals surface area contributed by atoms with Crippen molar-refractivity contribution in [1.82, 2.24) is 0 Å². The quantitative estimate of drug-likeness (QED) is 0.524. The van der Waals surface area contributed by atoms with Gasteiger partial charge < -0.3 is 9.94 Å². The van der Waals surface area contributed by atoms with Crippen molar-refractivity contribution >= 4 is 17.8 Å². The van der Waals surface area contributed by atoms with Crippen molar-refractivity contribution in [3.8, 4) is 5.75 Å². The van der Waals surface area contributed by atoms with Crippen molar-refractivity contribution in [3.63, 3.8) is 0 Å². The molecule has 0 aliphatic heterocycles. The summed E-state index contributed by atoms with van der Waals surface area (Å²) < 4.78 is 18.5. The summed E-state index contributed by atoms with van der Waals surface area (Å²) in [5.41, 5.74) is 1.32. The minimum absolute atomic E-state index is 0.204. The molecule has 0 aliphatic rings. The first-order valence-electron chi connectivity index (χ1n) is 5.54. The number of para-hydroxylation sites is 1. The van der Waals surface area contributed by atoms with Gasteiger partial charge in [0.1, 0.15) is 18.2 Å². The van der Waals surface area contributed by atoms with Gasteiger partial charge in [-0.2, -0.15) is 0 Å². The summed E-state index contributed by atoms with van der Waals surface area (Å²) in [5, 5.41) is 11.8. The van der Waals surface area contributed by atoms with E-state index < -0.39 is 0 Å². The maximum Gasteiger partial charge on any atom is 0.128 e. The molecule has 0 unspecified atom stereocenters. The van der Waals surface area contributed by atoms with Gasteiger partial charge in [-0.15, -0.1) is 0 Å². The van der Waals surface area contributed by atoms with Crippen LogP contribution in [0.3, 0.4) is 0 Å². The number of benzene rings is 2. The summed E-state index contributed by atoms with van der Waals surface area (Å²) in [6.45, 7) is 0.204. The van der Waals surface area contributed by atoms with E-state index in [0.717, 1.165) is 0 Å². The highest BCUT2D eigenvalue weighted by atomic mass is 35.5. The molecule has 0 fully saturated rings. The number of oxime groups is 1. The van der Waals surface area contributed by atoms with Crippen LogP contribution in [0.4, 0.5) is 4.39 Å². The molecule has 2 rings (SSSR count). The summed E-state index contributed by atoms with van der Waals surface area (Å²) in [7, 11) is 0. The van der Waals surface area contributed by atoms with Crippen molar-refractivity contribution in [1.29, 1.82) is 0 Å². The fraction of sp³-hybridized carbons (Fsp3) is 0.0714. The Kier molecular flexibility index (Phi) is 4.36. The van der Waals surface area contributed by atoms with Crippen LogP contribution in [0.25, 0.3) is 0 Å². The predicted molar refractivity (Wildman–Crippen MR) is 71.6 cm³/mol. The van der Waals surface area contributed by atoms with E-state index in [9.17, 15) is 4.39 Å². The van der Waals surface area contributed by atoms with Crippen LogP contribution in [-0.2, 0) is 6.61 Å². The average Bonchev–Trinajstić information content (AvgIpc) is 2.40. The number of ether oxygens (including phenoxy) is 1.